The Morgan fingerprint density at radius 2 is 1.72 bits per heavy atom. The van der Waals surface area contributed by atoms with Crippen molar-refractivity contribution in [2.45, 2.75) is 20.3 Å². The van der Waals surface area contributed by atoms with Gasteiger partial charge in [0.2, 0.25) is 0 Å². The Morgan fingerprint density at radius 3 is 2.51 bits per heavy atom. The monoisotopic (exact) mass is 513 g/mol. The molecule has 0 radical (unpaired) electrons. The Balaban J connectivity index is 1.13. The molecule has 1 fully saturated rings. The van der Waals surface area contributed by atoms with Crippen molar-refractivity contribution in [3.63, 3.8) is 0 Å². The molecule has 39 heavy (non-hydrogen) atoms. The molecule has 7 rings (SSSR count). The van der Waals surface area contributed by atoms with Gasteiger partial charge in [-0.05, 0) is 80.9 Å². The summed E-state index contributed by atoms with van der Waals surface area (Å²) in [5.41, 5.74) is 9.20. The van der Waals surface area contributed by atoms with E-state index in [0.29, 0.717) is 11.5 Å². The third-order valence-electron chi connectivity index (χ3n) is 6.94. The zero-order valence-electron chi connectivity index (χ0n) is 21.7. The van der Waals surface area contributed by atoms with Gasteiger partial charge in [0.15, 0.2) is 11.5 Å². The fourth-order valence-corrected chi connectivity index (χ4v) is 4.84. The summed E-state index contributed by atoms with van der Waals surface area (Å²) >= 11 is 0. The average Bonchev–Trinajstić information content (AvgIpc) is 3.32. The van der Waals surface area contributed by atoms with E-state index in [-0.39, 0.29) is 0 Å². The predicted octanol–water partition coefficient (Wildman–Crippen LogP) is 6.28. The molecule has 6 heterocycles. The lowest BCUT2D eigenvalue weighted by Crippen LogP contribution is -2.36. The molecule has 0 atom stereocenters. The quantitative estimate of drug-likeness (QED) is 0.239. The minimum atomic E-state index is 0.626. The number of aromatic nitrogens is 6. The zero-order valence-corrected chi connectivity index (χ0v) is 21.7. The SMILES string of the molecule is Cc1cc(Nc2ccc3[nH]c(-c4ccc(Nc5cc(C)nc6ccc(N7CCC7)cc56)cn4)nc3n2)ccn1. The van der Waals surface area contributed by atoms with Crippen LogP contribution in [0.2, 0.25) is 0 Å². The van der Waals surface area contributed by atoms with Crippen LogP contribution < -0.4 is 15.5 Å². The van der Waals surface area contributed by atoms with Crippen LogP contribution in [0.3, 0.4) is 0 Å². The van der Waals surface area contributed by atoms with Gasteiger partial charge in [0.1, 0.15) is 11.5 Å². The second-order valence-electron chi connectivity index (χ2n) is 9.87. The standard InChI is InChI=1S/C30H27N9/c1-18-14-20(10-11-31-18)35-28-9-8-26-30(37-28)38-29(36-26)25-6-4-21(17-32-25)34-27-15-19(2)33-24-7-5-22(16-23(24)27)39-12-3-13-39/h4-11,14-17H,3,12-13H2,1-2H3,(H,33,34)(H2,31,35,36,37,38). The molecule has 0 amide bonds. The summed E-state index contributed by atoms with van der Waals surface area (Å²) in [6.45, 7) is 6.20. The first-order chi connectivity index (χ1) is 19.1. The van der Waals surface area contributed by atoms with Gasteiger partial charge in [-0.2, -0.15) is 0 Å². The van der Waals surface area contributed by atoms with Crippen LogP contribution in [-0.2, 0) is 0 Å². The molecule has 6 aromatic rings. The lowest BCUT2D eigenvalue weighted by molar-refractivity contribution is 0.618. The second kappa shape index (κ2) is 9.36. The number of nitrogens with one attached hydrogen (secondary N) is 3. The Bertz CT molecular complexity index is 1820. The first kappa shape index (κ1) is 23.1. The molecule has 192 valence electrons. The number of hydrogen-bond donors (Lipinski definition) is 3. The normalized spacial score (nSPS) is 13.0. The average molecular weight is 514 g/mol. The Kier molecular flexibility index (Phi) is 5.54. The number of fused-ring (bicyclic) bond motifs is 2. The highest BCUT2D eigenvalue weighted by Crippen LogP contribution is 2.32. The van der Waals surface area contributed by atoms with E-state index in [1.807, 2.05) is 56.4 Å². The van der Waals surface area contributed by atoms with Crippen molar-refractivity contribution in [2.24, 2.45) is 0 Å². The second-order valence-corrected chi connectivity index (χ2v) is 9.87. The molecule has 1 aromatic carbocycles. The highest BCUT2D eigenvalue weighted by atomic mass is 15.2. The topological polar surface area (TPSA) is 108 Å². The van der Waals surface area contributed by atoms with Gasteiger partial charge in [-0.25, -0.2) is 9.97 Å². The van der Waals surface area contributed by atoms with E-state index in [1.165, 1.54) is 12.1 Å². The van der Waals surface area contributed by atoms with Crippen molar-refractivity contribution in [3.8, 4) is 11.5 Å². The van der Waals surface area contributed by atoms with E-state index in [1.54, 1.807) is 6.20 Å². The molecule has 3 N–H and O–H groups in total. The van der Waals surface area contributed by atoms with E-state index < -0.39 is 0 Å². The molecular formula is C30H27N9. The lowest BCUT2D eigenvalue weighted by atomic mass is 10.1. The maximum atomic E-state index is 4.73. The van der Waals surface area contributed by atoms with Crippen LogP contribution in [-0.4, -0.2) is 43.0 Å². The largest absolute Gasteiger partial charge is 0.371 e. The van der Waals surface area contributed by atoms with Crippen molar-refractivity contribution < 1.29 is 0 Å². The van der Waals surface area contributed by atoms with Gasteiger partial charge in [0, 0.05) is 53.1 Å². The maximum Gasteiger partial charge on any atom is 0.180 e. The van der Waals surface area contributed by atoms with Crippen LogP contribution >= 0.6 is 0 Å². The van der Waals surface area contributed by atoms with E-state index in [4.69, 9.17) is 9.97 Å². The number of benzene rings is 1. The Labute approximate surface area is 225 Å². The summed E-state index contributed by atoms with van der Waals surface area (Å²) in [4.78, 5) is 28.7. The van der Waals surface area contributed by atoms with Crippen LogP contribution in [0.15, 0.2) is 73.1 Å². The minimum absolute atomic E-state index is 0.626. The summed E-state index contributed by atoms with van der Waals surface area (Å²) < 4.78 is 0. The smallest absolute Gasteiger partial charge is 0.180 e. The number of anilines is 5. The van der Waals surface area contributed by atoms with Crippen molar-refractivity contribution >= 4 is 50.6 Å². The van der Waals surface area contributed by atoms with Crippen LogP contribution in [0.4, 0.5) is 28.6 Å². The van der Waals surface area contributed by atoms with Crippen molar-refractivity contribution in [1.82, 2.24) is 29.9 Å². The van der Waals surface area contributed by atoms with Gasteiger partial charge in [0.05, 0.1) is 22.9 Å². The third-order valence-corrected chi connectivity index (χ3v) is 6.94. The molecule has 0 saturated carbocycles. The molecule has 0 aliphatic carbocycles. The fourth-order valence-electron chi connectivity index (χ4n) is 4.84. The summed E-state index contributed by atoms with van der Waals surface area (Å²) in [6.07, 6.45) is 4.85. The summed E-state index contributed by atoms with van der Waals surface area (Å²) in [7, 11) is 0. The molecule has 9 heteroatoms. The van der Waals surface area contributed by atoms with Gasteiger partial charge in [-0.1, -0.05) is 0 Å². The first-order valence-corrected chi connectivity index (χ1v) is 13.0. The van der Waals surface area contributed by atoms with Gasteiger partial charge < -0.3 is 20.5 Å². The van der Waals surface area contributed by atoms with Crippen LogP contribution in [0.1, 0.15) is 17.8 Å². The summed E-state index contributed by atoms with van der Waals surface area (Å²) in [6, 6.07) is 20.3. The highest BCUT2D eigenvalue weighted by Gasteiger charge is 2.16. The van der Waals surface area contributed by atoms with Crippen molar-refractivity contribution in [1.29, 1.82) is 0 Å². The lowest BCUT2D eigenvalue weighted by Gasteiger charge is -2.33. The van der Waals surface area contributed by atoms with Gasteiger partial charge in [0.25, 0.3) is 0 Å². The number of nitrogens with zero attached hydrogens (tertiary/aromatic N) is 6. The molecule has 9 nitrogen and oxygen atoms in total. The molecular weight excluding hydrogens is 486 g/mol. The van der Waals surface area contributed by atoms with Crippen molar-refractivity contribution in [2.75, 3.05) is 28.6 Å². The number of H-pyrrole nitrogens is 1. The van der Waals surface area contributed by atoms with E-state index in [9.17, 15) is 0 Å². The fraction of sp³-hybridized carbons (Fsp3) is 0.167. The third kappa shape index (κ3) is 4.59. The Hall–Kier alpha value is -5.05. The molecule has 0 spiro atoms. The van der Waals surface area contributed by atoms with Gasteiger partial charge >= 0.3 is 0 Å². The number of pyridine rings is 4. The molecule has 1 saturated heterocycles. The Morgan fingerprint density at radius 1 is 0.795 bits per heavy atom. The molecule has 1 aliphatic rings. The minimum Gasteiger partial charge on any atom is -0.371 e. The maximum absolute atomic E-state index is 4.73. The summed E-state index contributed by atoms with van der Waals surface area (Å²) in [5, 5.41) is 7.97. The van der Waals surface area contributed by atoms with Gasteiger partial charge in [-0.15, -0.1) is 0 Å². The van der Waals surface area contributed by atoms with E-state index in [0.717, 1.165) is 69.5 Å². The number of rotatable bonds is 6. The molecule has 0 bridgehead atoms. The molecule has 1 aliphatic heterocycles. The predicted molar refractivity (Wildman–Crippen MR) is 156 cm³/mol. The van der Waals surface area contributed by atoms with Crippen molar-refractivity contribution in [3.05, 3.63) is 84.4 Å². The first-order valence-electron chi connectivity index (χ1n) is 13.0. The zero-order chi connectivity index (χ0) is 26.3. The van der Waals surface area contributed by atoms with E-state index >= 15 is 0 Å². The number of imidazole rings is 1. The summed E-state index contributed by atoms with van der Waals surface area (Å²) in [5.74, 6) is 1.39. The highest BCUT2D eigenvalue weighted by molar-refractivity contribution is 5.95. The number of aromatic amines is 1. The molecule has 5 aromatic heterocycles. The van der Waals surface area contributed by atoms with Crippen LogP contribution in [0.25, 0.3) is 33.6 Å². The van der Waals surface area contributed by atoms with Gasteiger partial charge in [-0.3, -0.25) is 15.0 Å². The van der Waals surface area contributed by atoms with Crippen LogP contribution in [0.5, 0.6) is 0 Å². The number of hydrogen-bond acceptors (Lipinski definition) is 8. The molecule has 0 unspecified atom stereocenters. The van der Waals surface area contributed by atoms with Crippen LogP contribution in [0, 0.1) is 13.8 Å². The van der Waals surface area contributed by atoms with E-state index in [2.05, 4.69) is 59.7 Å². The number of aryl methyl sites for hydroxylation is 2.